The third kappa shape index (κ3) is 2.40. The van der Waals surface area contributed by atoms with Crippen LogP contribution in [0.1, 0.15) is 32.4 Å². The smallest absolute Gasteiger partial charge is 0.141 e. The first-order valence-corrected chi connectivity index (χ1v) is 6.47. The molecule has 0 saturated carbocycles. The molecule has 5 unspecified atom stereocenters. The first-order chi connectivity index (χ1) is 8.54. The molecule has 0 spiro atoms. The largest absolute Gasteiger partial charge is 0.375 e. The predicted molar refractivity (Wildman–Crippen MR) is 68.7 cm³/mol. The summed E-state index contributed by atoms with van der Waals surface area (Å²) in [5, 5.41) is 3.28. The van der Waals surface area contributed by atoms with Crippen molar-refractivity contribution in [3.05, 3.63) is 29.8 Å². The summed E-state index contributed by atoms with van der Waals surface area (Å²) in [5.41, 5.74) is 0.888. The van der Waals surface area contributed by atoms with Crippen molar-refractivity contribution in [2.24, 2.45) is 11.8 Å². The molecule has 1 aromatic heterocycles. The summed E-state index contributed by atoms with van der Waals surface area (Å²) in [7, 11) is 1.90. The molecule has 1 aliphatic rings. The van der Waals surface area contributed by atoms with Crippen molar-refractivity contribution < 1.29 is 9.13 Å². The van der Waals surface area contributed by atoms with Crippen LogP contribution in [0.5, 0.6) is 0 Å². The van der Waals surface area contributed by atoms with Crippen LogP contribution in [0.25, 0.3) is 0 Å². The molecule has 1 saturated heterocycles. The molecular weight excluding hydrogens is 231 g/mol. The van der Waals surface area contributed by atoms with Gasteiger partial charge in [0.2, 0.25) is 0 Å². The van der Waals surface area contributed by atoms with Crippen LogP contribution in [0.4, 0.5) is 4.39 Å². The summed E-state index contributed by atoms with van der Waals surface area (Å²) in [6, 6.07) is 1.62. The van der Waals surface area contributed by atoms with Crippen LogP contribution in [0.2, 0.25) is 0 Å². The highest BCUT2D eigenvalue weighted by Crippen LogP contribution is 2.40. The molecule has 1 fully saturated rings. The molecule has 18 heavy (non-hydrogen) atoms. The number of aromatic nitrogens is 1. The van der Waals surface area contributed by atoms with Gasteiger partial charge in [0.1, 0.15) is 5.82 Å². The highest BCUT2D eigenvalue weighted by atomic mass is 19.1. The fourth-order valence-corrected chi connectivity index (χ4v) is 3.05. The van der Waals surface area contributed by atoms with Crippen LogP contribution < -0.4 is 5.32 Å². The van der Waals surface area contributed by atoms with E-state index in [-0.39, 0.29) is 24.1 Å². The number of nitrogens with zero attached hydrogens (tertiary/aromatic N) is 1. The van der Waals surface area contributed by atoms with Crippen molar-refractivity contribution in [2.45, 2.75) is 39.0 Å². The van der Waals surface area contributed by atoms with E-state index in [4.69, 9.17) is 4.74 Å². The molecule has 0 aromatic carbocycles. The Bertz CT molecular complexity index is 413. The zero-order valence-corrected chi connectivity index (χ0v) is 11.4. The maximum absolute atomic E-state index is 13.3. The van der Waals surface area contributed by atoms with Gasteiger partial charge in [-0.05, 0) is 38.4 Å². The molecule has 2 rings (SSSR count). The molecule has 5 atom stereocenters. The van der Waals surface area contributed by atoms with Gasteiger partial charge < -0.3 is 10.1 Å². The third-order valence-electron chi connectivity index (χ3n) is 4.10. The predicted octanol–water partition coefficient (Wildman–Crippen LogP) is 2.54. The number of halogens is 1. The van der Waals surface area contributed by atoms with Gasteiger partial charge in [-0.15, -0.1) is 0 Å². The van der Waals surface area contributed by atoms with Crippen molar-refractivity contribution in [3.8, 4) is 0 Å². The average molecular weight is 252 g/mol. The second-order valence-corrected chi connectivity index (χ2v) is 5.19. The number of ether oxygens (including phenoxy) is 1. The fourth-order valence-electron chi connectivity index (χ4n) is 3.05. The minimum absolute atomic E-state index is 0.0724. The van der Waals surface area contributed by atoms with Gasteiger partial charge in [-0.3, -0.25) is 4.98 Å². The normalized spacial score (nSPS) is 33.6. The highest BCUT2D eigenvalue weighted by Gasteiger charge is 2.41. The van der Waals surface area contributed by atoms with Crippen molar-refractivity contribution in [1.82, 2.24) is 10.3 Å². The van der Waals surface area contributed by atoms with Gasteiger partial charge in [-0.25, -0.2) is 4.39 Å². The maximum Gasteiger partial charge on any atom is 0.141 e. The average Bonchev–Trinajstić information content (AvgIpc) is 2.57. The van der Waals surface area contributed by atoms with E-state index < -0.39 is 0 Å². The van der Waals surface area contributed by atoms with Gasteiger partial charge >= 0.3 is 0 Å². The molecular formula is C14H21FN2O. The summed E-state index contributed by atoms with van der Waals surface area (Å²) in [6.45, 7) is 6.37. The Morgan fingerprint density at radius 1 is 1.28 bits per heavy atom. The molecule has 0 radical (unpaired) electrons. The lowest BCUT2D eigenvalue weighted by Gasteiger charge is -2.28. The molecule has 4 heteroatoms. The van der Waals surface area contributed by atoms with Gasteiger partial charge in [-0.2, -0.15) is 0 Å². The summed E-state index contributed by atoms with van der Waals surface area (Å²) < 4.78 is 19.2. The van der Waals surface area contributed by atoms with Crippen LogP contribution in [0.15, 0.2) is 18.5 Å². The molecule has 0 aliphatic carbocycles. The van der Waals surface area contributed by atoms with Gasteiger partial charge in [0, 0.05) is 18.2 Å². The Morgan fingerprint density at radius 3 is 2.50 bits per heavy atom. The van der Waals surface area contributed by atoms with Crippen LogP contribution in [-0.4, -0.2) is 24.2 Å². The molecule has 0 bridgehead atoms. The highest BCUT2D eigenvalue weighted by molar-refractivity contribution is 5.17. The van der Waals surface area contributed by atoms with E-state index >= 15 is 0 Å². The van der Waals surface area contributed by atoms with Crippen molar-refractivity contribution in [1.29, 1.82) is 0 Å². The van der Waals surface area contributed by atoms with Crippen LogP contribution in [-0.2, 0) is 4.74 Å². The monoisotopic (exact) mass is 252 g/mol. The first kappa shape index (κ1) is 13.4. The number of rotatable bonds is 3. The van der Waals surface area contributed by atoms with E-state index in [9.17, 15) is 4.39 Å². The lowest BCUT2D eigenvalue weighted by atomic mass is 9.81. The standard InChI is InChI=1S/C14H21FN2O/c1-8-9(2)18-10(3)13(8)14(16-4)11-5-12(15)7-17-6-11/h5-10,13-14,16H,1-4H3. The Morgan fingerprint density at radius 2 is 2.00 bits per heavy atom. The van der Waals surface area contributed by atoms with Crippen LogP contribution in [0, 0.1) is 17.7 Å². The zero-order valence-electron chi connectivity index (χ0n) is 11.4. The second-order valence-electron chi connectivity index (χ2n) is 5.19. The molecule has 100 valence electrons. The fraction of sp³-hybridized carbons (Fsp3) is 0.643. The molecule has 0 amide bonds. The van der Waals surface area contributed by atoms with Crippen LogP contribution in [0.3, 0.4) is 0 Å². The molecule has 2 heterocycles. The Hall–Kier alpha value is -1.00. The minimum Gasteiger partial charge on any atom is -0.375 e. The topological polar surface area (TPSA) is 34.2 Å². The lowest BCUT2D eigenvalue weighted by molar-refractivity contribution is 0.0478. The van der Waals surface area contributed by atoms with Crippen molar-refractivity contribution >= 4 is 0 Å². The van der Waals surface area contributed by atoms with Crippen molar-refractivity contribution in [2.75, 3.05) is 7.05 Å². The van der Waals surface area contributed by atoms with E-state index in [2.05, 4.69) is 31.1 Å². The maximum atomic E-state index is 13.3. The Kier molecular flexibility index (Phi) is 3.97. The summed E-state index contributed by atoms with van der Waals surface area (Å²) in [6.07, 6.45) is 3.36. The van der Waals surface area contributed by atoms with Crippen LogP contribution >= 0.6 is 0 Å². The summed E-state index contributed by atoms with van der Waals surface area (Å²) in [5.74, 6) is 0.467. The summed E-state index contributed by atoms with van der Waals surface area (Å²) in [4.78, 5) is 3.94. The van der Waals surface area contributed by atoms with Gasteiger partial charge in [-0.1, -0.05) is 6.92 Å². The molecule has 1 aromatic rings. The van der Waals surface area contributed by atoms with E-state index in [0.29, 0.717) is 11.8 Å². The first-order valence-electron chi connectivity index (χ1n) is 6.47. The quantitative estimate of drug-likeness (QED) is 0.897. The number of nitrogens with one attached hydrogen (secondary N) is 1. The SMILES string of the molecule is CNC(c1cncc(F)c1)C1C(C)OC(C)C1C. The van der Waals surface area contributed by atoms with Crippen molar-refractivity contribution in [3.63, 3.8) is 0 Å². The zero-order chi connectivity index (χ0) is 13.3. The third-order valence-corrected chi connectivity index (χ3v) is 4.10. The Labute approximate surface area is 108 Å². The summed E-state index contributed by atoms with van der Waals surface area (Å²) >= 11 is 0. The van der Waals surface area contributed by atoms with Gasteiger partial charge in [0.25, 0.3) is 0 Å². The Balaban J connectivity index is 2.28. The van der Waals surface area contributed by atoms with E-state index in [1.54, 1.807) is 12.3 Å². The number of hydrogen-bond donors (Lipinski definition) is 1. The second kappa shape index (κ2) is 5.33. The molecule has 1 aliphatic heterocycles. The number of hydrogen-bond acceptors (Lipinski definition) is 3. The minimum atomic E-state index is -0.292. The molecule has 3 nitrogen and oxygen atoms in total. The molecule has 1 N–H and O–H groups in total. The van der Waals surface area contributed by atoms with Gasteiger partial charge in [0.15, 0.2) is 0 Å². The number of pyridine rings is 1. The van der Waals surface area contributed by atoms with E-state index in [1.807, 2.05) is 7.05 Å². The lowest BCUT2D eigenvalue weighted by Crippen LogP contribution is -2.33. The van der Waals surface area contributed by atoms with Gasteiger partial charge in [0.05, 0.1) is 18.4 Å². The van der Waals surface area contributed by atoms with E-state index in [0.717, 1.165) is 5.56 Å². The van der Waals surface area contributed by atoms with E-state index in [1.165, 1.54) is 6.20 Å².